The molecule has 3 heteroatoms. The zero-order valence-electron chi connectivity index (χ0n) is 7.82. The first-order valence-corrected chi connectivity index (χ1v) is 4.63. The van der Waals surface area contributed by atoms with E-state index in [4.69, 9.17) is 9.47 Å². The average Bonchev–Trinajstić information content (AvgIpc) is 2.84. The van der Waals surface area contributed by atoms with E-state index in [0.717, 1.165) is 19.4 Å². The van der Waals surface area contributed by atoms with Gasteiger partial charge < -0.3 is 14.6 Å². The van der Waals surface area contributed by atoms with Crippen LogP contribution in [0.15, 0.2) is 0 Å². The second-order valence-corrected chi connectivity index (χ2v) is 3.40. The predicted octanol–water partition coefficient (Wildman–Crippen LogP) is 1.59. The van der Waals surface area contributed by atoms with Gasteiger partial charge in [0.2, 0.25) is 0 Å². The number of aliphatic hydroxyl groups excluding tert-OH is 1. The van der Waals surface area contributed by atoms with E-state index in [1.807, 2.05) is 13.8 Å². The molecule has 3 unspecified atom stereocenters. The summed E-state index contributed by atoms with van der Waals surface area (Å²) in [6.45, 7) is 5.29. The third-order valence-electron chi connectivity index (χ3n) is 2.04. The Balaban J connectivity index is 0.00000144. The van der Waals surface area contributed by atoms with Crippen LogP contribution in [0, 0.1) is 0 Å². The normalized spacial score (nSPS) is 24.7. The second-order valence-electron chi connectivity index (χ2n) is 3.40. The maximum Gasteiger partial charge on any atom is 0.0834 e. The fourth-order valence-electron chi connectivity index (χ4n) is 1.04. The molecule has 3 atom stereocenters. The summed E-state index contributed by atoms with van der Waals surface area (Å²) in [7, 11) is 0. The van der Waals surface area contributed by atoms with Gasteiger partial charge in [0.05, 0.1) is 31.5 Å². The Bertz CT molecular complexity index is 123. The van der Waals surface area contributed by atoms with Crippen molar-refractivity contribution in [1.82, 2.24) is 0 Å². The molecule has 1 rings (SSSR count). The Hall–Kier alpha value is -0.120. The van der Waals surface area contributed by atoms with E-state index in [0.29, 0.717) is 12.7 Å². The van der Waals surface area contributed by atoms with Crippen molar-refractivity contribution in [2.24, 2.45) is 0 Å². The molecule has 0 aliphatic carbocycles. The molecule has 0 aromatic carbocycles. The summed E-state index contributed by atoms with van der Waals surface area (Å²) in [4.78, 5) is 0. The predicted molar refractivity (Wildman–Crippen MR) is 52.8 cm³/mol. The lowest BCUT2D eigenvalue weighted by Gasteiger charge is -2.14. The van der Waals surface area contributed by atoms with E-state index < -0.39 is 0 Å². The molecule has 0 spiro atoms. The zero-order chi connectivity index (χ0) is 8.97. The minimum atomic E-state index is -0.312. The fourth-order valence-corrected chi connectivity index (χ4v) is 1.04. The monoisotopic (exact) mass is 190 g/mol. The van der Waals surface area contributed by atoms with E-state index in [-0.39, 0.29) is 19.6 Å². The standard InChI is InChI=1S/C9H18O3.CH4/c1-3-8(10)5-11-7(2)4-9-6-12-9;/h7-10H,3-6H2,1-2H3;1H4. The van der Waals surface area contributed by atoms with Gasteiger partial charge in [0.1, 0.15) is 0 Å². The molecule has 0 saturated carbocycles. The van der Waals surface area contributed by atoms with Gasteiger partial charge in [0, 0.05) is 6.42 Å². The van der Waals surface area contributed by atoms with Crippen LogP contribution in [0.3, 0.4) is 0 Å². The molecule has 1 fully saturated rings. The molecule has 13 heavy (non-hydrogen) atoms. The van der Waals surface area contributed by atoms with E-state index in [9.17, 15) is 5.11 Å². The van der Waals surface area contributed by atoms with Gasteiger partial charge in [-0.1, -0.05) is 14.4 Å². The Morgan fingerprint density at radius 3 is 2.69 bits per heavy atom. The van der Waals surface area contributed by atoms with Gasteiger partial charge in [-0.25, -0.2) is 0 Å². The van der Waals surface area contributed by atoms with Gasteiger partial charge >= 0.3 is 0 Å². The van der Waals surface area contributed by atoms with Gasteiger partial charge in [-0.2, -0.15) is 0 Å². The first-order valence-electron chi connectivity index (χ1n) is 4.63. The SMILES string of the molecule is C.CCC(O)COC(C)CC1CO1. The van der Waals surface area contributed by atoms with Crippen LogP contribution >= 0.6 is 0 Å². The van der Waals surface area contributed by atoms with Crippen molar-refractivity contribution in [2.45, 2.75) is 52.4 Å². The van der Waals surface area contributed by atoms with E-state index in [1.165, 1.54) is 0 Å². The molecule has 80 valence electrons. The number of rotatable bonds is 6. The van der Waals surface area contributed by atoms with Gasteiger partial charge in [-0.15, -0.1) is 0 Å². The van der Waals surface area contributed by atoms with Gasteiger partial charge in [0.25, 0.3) is 0 Å². The summed E-state index contributed by atoms with van der Waals surface area (Å²) in [5, 5.41) is 9.20. The lowest BCUT2D eigenvalue weighted by atomic mass is 10.2. The molecule has 1 N–H and O–H groups in total. The Labute approximate surface area is 81.0 Å². The van der Waals surface area contributed by atoms with Crippen LogP contribution < -0.4 is 0 Å². The van der Waals surface area contributed by atoms with Crippen molar-refractivity contribution < 1.29 is 14.6 Å². The second kappa shape index (κ2) is 6.35. The summed E-state index contributed by atoms with van der Waals surface area (Å²) in [5.41, 5.74) is 0. The lowest BCUT2D eigenvalue weighted by molar-refractivity contribution is -0.00821. The zero-order valence-corrected chi connectivity index (χ0v) is 7.82. The highest BCUT2D eigenvalue weighted by Gasteiger charge is 2.25. The van der Waals surface area contributed by atoms with Crippen LogP contribution in [-0.2, 0) is 9.47 Å². The van der Waals surface area contributed by atoms with Gasteiger partial charge in [-0.3, -0.25) is 0 Å². The summed E-state index contributed by atoms with van der Waals surface area (Å²) < 4.78 is 10.5. The number of hydrogen-bond donors (Lipinski definition) is 1. The molecule has 0 bridgehead atoms. The van der Waals surface area contributed by atoms with Crippen molar-refractivity contribution in [3.63, 3.8) is 0 Å². The Kier molecular flexibility index (Phi) is 6.29. The molecule has 1 saturated heterocycles. The van der Waals surface area contributed by atoms with Crippen LogP contribution in [0.1, 0.15) is 34.1 Å². The average molecular weight is 190 g/mol. The quantitative estimate of drug-likeness (QED) is 0.647. The minimum Gasteiger partial charge on any atom is -0.391 e. The molecule has 1 aliphatic rings. The molecule has 0 amide bonds. The number of hydrogen-bond acceptors (Lipinski definition) is 3. The van der Waals surface area contributed by atoms with E-state index >= 15 is 0 Å². The van der Waals surface area contributed by atoms with Crippen molar-refractivity contribution in [1.29, 1.82) is 0 Å². The Morgan fingerprint density at radius 2 is 2.23 bits per heavy atom. The summed E-state index contributed by atoms with van der Waals surface area (Å²) >= 11 is 0. The smallest absolute Gasteiger partial charge is 0.0834 e. The third kappa shape index (κ3) is 6.02. The van der Waals surface area contributed by atoms with Crippen molar-refractivity contribution in [3.05, 3.63) is 0 Å². The highest BCUT2D eigenvalue weighted by molar-refractivity contribution is 4.72. The maximum absolute atomic E-state index is 9.20. The molecule has 0 aromatic heterocycles. The van der Waals surface area contributed by atoms with E-state index in [1.54, 1.807) is 0 Å². The highest BCUT2D eigenvalue weighted by atomic mass is 16.6. The van der Waals surface area contributed by atoms with Crippen LogP contribution in [0.2, 0.25) is 0 Å². The summed E-state index contributed by atoms with van der Waals surface area (Å²) in [5.74, 6) is 0. The maximum atomic E-state index is 9.20. The van der Waals surface area contributed by atoms with Crippen LogP contribution in [0.4, 0.5) is 0 Å². The molecular weight excluding hydrogens is 168 g/mol. The van der Waals surface area contributed by atoms with Gasteiger partial charge in [-0.05, 0) is 13.3 Å². The molecule has 1 aliphatic heterocycles. The lowest BCUT2D eigenvalue weighted by Crippen LogP contribution is -2.20. The van der Waals surface area contributed by atoms with Crippen LogP contribution in [0.5, 0.6) is 0 Å². The minimum absolute atomic E-state index is 0. The molecule has 3 nitrogen and oxygen atoms in total. The number of aliphatic hydroxyl groups is 1. The number of ether oxygens (including phenoxy) is 2. The summed E-state index contributed by atoms with van der Waals surface area (Å²) in [6.07, 6.45) is 2.02. The fraction of sp³-hybridized carbons (Fsp3) is 1.00. The number of epoxide rings is 1. The van der Waals surface area contributed by atoms with Crippen molar-refractivity contribution in [3.8, 4) is 0 Å². The topological polar surface area (TPSA) is 42.0 Å². The summed E-state index contributed by atoms with van der Waals surface area (Å²) in [6, 6.07) is 0. The van der Waals surface area contributed by atoms with E-state index in [2.05, 4.69) is 0 Å². The first kappa shape index (κ1) is 12.9. The molecule has 0 aromatic rings. The van der Waals surface area contributed by atoms with Crippen LogP contribution in [-0.4, -0.2) is 36.6 Å². The van der Waals surface area contributed by atoms with Crippen molar-refractivity contribution in [2.75, 3.05) is 13.2 Å². The Morgan fingerprint density at radius 1 is 1.62 bits per heavy atom. The molecule has 1 heterocycles. The molecular formula is C10H22O3. The third-order valence-corrected chi connectivity index (χ3v) is 2.04. The first-order chi connectivity index (χ1) is 5.72. The van der Waals surface area contributed by atoms with Gasteiger partial charge in [0.15, 0.2) is 0 Å². The highest BCUT2D eigenvalue weighted by Crippen LogP contribution is 2.17. The largest absolute Gasteiger partial charge is 0.391 e. The molecule has 0 radical (unpaired) electrons. The van der Waals surface area contributed by atoms with Crippen LogP contribution in [0.25, 0.3) is 0 Å². The van der Waals surface area contributed by atoms with Crippen molar-refractivity contribution >= 4 is 0 Å².